The molecule has 0 unspecified atom stereocenters. The van der Waals surface area contributed by atoms with Crippen molar-refractivity contribution in [1.82, 2.24) is 9.80 Å². The first kappa shape index (κ1) is 16.2. The number of carboxylic acids is 1. The minimum absolute atomic E-state index is 0.202. The van der Waals surface area contributed by atoms with Gasteiger partial charge in [-0.3, -0.25) is 9.59 Å². The average molecular weight is 282 g/mol. The van der Waals surface area contributed by atoms with E-state index in [1.165, 1.54) is 22.9 Å². The second-order valence-electron chi connectivity index (χ2n) is 5.37. The van der Waals surface area contributed by atoms with Crippen LogP contribution in [0, 0.1) is 5.92 Å². The third-order valence-corrected chi connectivity index (χ3v) is 3.64. The molecule has 2 atom stereocenters. The van der Waals surface area contributed by atoms with Crippen LogP contribution in [0.2, 0.25) is 0 Å². The molecule has 2 amide bonds. The van der Waals surface area contributed by atoms with E-state index in [4.69, 9.17) is 0 Å². The molecule has 0 spiro atoms. The van der Waals surface area contributed by atoms with Crippen molar-refractivity contribution in [3.63, 3.8) is 0 Å². The van der Waals surface area contributed by atoms with Crippen LogP contribution in [0.5, 0.6) is 0 Å². The summed E-state index contributed by atoms with van der Waals surface area (Å²) < 4.78 is 0. The van der Waals surface area contributed by atoms with Gasteiger partial charge in [-0.05, 0) is 24.8 Å². The van der Waals surface area contributed by atoms with Gasteiger partial charge in [0.15, 0.2) is 0 Å². The lowest BCUT2D eigenvalue weighted by Gasteiger charge is -2.32. The van der Waals surface area contributed by atoms with Crippen molar-refractivity contribution in [1.29, 1.82) is 0 Å². The lowest BCUT2D eigenvalue weighted by molar-refractivity contribution is -0.153. The third-order valence-electron chi connectivity index (χ3n) is 3.64. The zero-order valence-corrected chi connectivity index (χ0v) is 12.2. The van der Waals surface area contributed by atoms with Crippen LogP contribution in [0.15, 0.2) is 12.7 Å². The number of nitrogens with zero attached hydrogens (tertiary/aromatic N) is 2. The van der Waals surface area contributed by atoms with Gasteiger partial charge in [-0.25, -0.2) is 4.79 Å². The standard InChI is InChI=1S/C14H22N2O4/c1-5-11(17)16-8-6-7-10(16)13(18)15(4)12(9(2)3)14(19)20/h5,9-10,12H,1,6-8H2,2-4H3,(H,19,20)/t10-,12+/m1/s1. The topological polar surface area (TPSA) is 77.9 Å². The predicted octanol–water partition coefficient (Wildman–Crippen LogP) is 0.731. The van der Waals surface area contributed by atoms with E-state index in [0.29, 0.717) is 13.0 Å². The largest absolute Gasteiger partial charge is 0.480 e. The molecule has 0 saturated carbocycles. The smallest absolute Gasteiger partial charge is 0.326 e. The number of carboxylic acid groups (broad SMARTS) is 1. The number of aliphatic carboxylic acids is 1. The molecule has 6 heteroatoms. The van der Waals surface area contributed by atoms with Crippen LogP contribution < -0.4 is 0 Å². The maximum Gasteiger partial charge on any atom is 0.326 e. The fourth-order valence-electron chi connectivity index (χ4n) is 2.67. The number of carbonyl (C=O) groups excluding carboxylic acids is 2. The minimum Gasteiger partial charge on any atom is -0.480 e. The SMILES string of the molecule is C=CC(=O)N1CCC[C@@H]1C(=O)N(C)[C@H](C(=O)O)C(C)C. The first-order chi connectivity index (χ1) is 9.31. The van der Waals surface area contributed by atoms with Gasteiger partial charge in [-0.1, -0.05) is 20.4 Å². The molecule has 0 bridgehead atoms. The molecule has 1 N–H and O–H groups in total. The Hall–Kier alpha value is -1.85. The molecule has 0 aromatic rings. The second kappa shape index (κ2) is 6.54. The van der Waals surface area contributed by atoms with Crippen LogP contribution in [0.3, 0.4) is 0 Å². The first-order valence-corrected chi connectivity index (χ1v) is 6.73. The van der Waals surface area contributed by atoms with E-state index in [2.05, 4.69) is 6.58 Å². The molecule has 1 saturated heterocycles. The lowest BCUT2D eigenvalue weighted by atomic mass is 10.0. The molecule has 1 aliphatic rings. The summed E-state index contributed by atoms with van der Waals surface area (Å²) in [6, 6.07) is -1.46. The highest BCUT2D eigenvalue weighted by atomic mass is 16.4. The Morgan fingerprint density at radius 1 is 1.40 bits per heavy atom. The van der Waals surface area contributed by atoms with Crippen LogP contribution in [0.1, 0.15) is 26.7 Å². The van der Waals surface area contributed by atoms with E-state index in [0.717, 1.165) is 6.42 Å². The minimum atomic E-state index is -1.03. The molecule has 0 radical (unpaired) electrons. The van der Waals surface area contributed by atoms with Crippen molar-refractivity contribution in [3.8, 4) is 0 Å². The Morgan fingerprint density at radius 3 is 2.45 bits per heavy atom. The Morgan fingerprint density at radius 2 is 2.00 bits per heavy atom. The van der Waals surface area contributed by atoms with E-state index < -0.39 is 18.1 Å². The lowest BCUT2D eigenvalue weighted by Crippen LogP contribution is -2.53. The van der Waals surface area contributed by atoms with Gasteiger partial charge in [0.2, 0.25) is 11.8 Å². The van der Waals surface area contributed by atoms with Crippen molar-refractivity contribution in [2.45, 2.75) is 38.8 Å². The van der Waals surface area contributed by atoms with Crippen molar-refractivity contribution in [3.05, 3.63) is 12.7 Å². The molecule has 1 fully saturated rings. The van der Waals surface area contributed by atoms with Crippen LogP contribution in [-0.2, 0) is 14.4 Å². The van der Waals surface area contributed by atoms with Gasteiger partial charge in [0.05, 0.1) is 0 Å². The fraction of sp³-hybridized carbons (Fsp3) is 0.643. The van der Waals surface area contributed by atoms with Gasteiger partial charge >= 0.3 is 5.97 Å². The molecule has 20 heavy (non-hydrogen) atoms. The molecule has 112 valence electrons. The maximum absolute atomic E-state index is 12.5. The first-order valence-electron chi connectivity index (χ1n) is 6.73. The predicted molar refractivity (Wildman–Crippen MR) is 74.0 cm³/mol. The maximum atomic E-state index is 12.5. The number of rotatable bonds is 5. The van der Waals surface area contributed by atoms with Crippen LogP contribution in [0.4, 0.5) is 0 Å². The summed E-state index contributed by atoms with van der Waals surface area (Å²) in [5.41, 5.74) is 0. The summed E-state index contributed by atoms with van der Waals surface area (Å²) in [6.07, 6.45) is 2.49. The van der Waals surface area contributed by atoms with Gasteiger partial charge in [0.1, 0.15) is 12.1 Å². The summed E-state index contributed by atoms with van der Waals surface area (Å²) in [6.45, 7) is 7.44. The van der Waals surface area contributed by atoms with Crippen LogP contribution in [0.25, 0.3) is 0 Å². The summed E-state index contributed by atoms with van der Waals surface area (Å²) in [7, 11) is 1.48. The molecule has 0 aromatic heterocycles. The number of hydrogen-bond donors (Lipinski definition) is 1. The highest BCUT2D eigenvalue weighted by molar-refractivity contribution is 5.94. The number of likely N-dealkylation sites (tertiary alicyclic amines) is 1. The Balaban J connectivity index is 2.90. The van der Waals surface area contributed by atoms with Crippen molar-refractivity contribution in [2.75, 3.05) is 13.6 Å². The summed E-state index contributed by atoms with van der Waals surface area (Å²) in [5, 5.41) is 9.24. The molecular weight excluding hydrogens is 260 g/mol. The normalized spacial score (nSPS) is 19.8. The molecule has 0 aromatic carbocycles. The number of amides is 2. The molecule has 1 heterocycles. The Labute approximate surface area is 119 Å². The van der Waals surface area contributed by atoms with Crippen LogP contribution in [-0.4, -0.2) is 58.4 Å². The zero-order valence-electron chi connectivity index (χ0n) is 12.2. The summed E-state index contributed by atoms with van der Waals surface area (Å²) >= 11 is 0. The second-order valence-corrected chi connectivity index (χ2v) is 5.37. The number of likely N-dealkylation sites (N-methyl/N-ethyl adjacent to an activating group) is 1. The zero-order chi connectivity index (χ0) is 15.4. The fourth-order valence-corrected chi connectivity index (χ4v) is 2.67. The number of hydrogen-bond acceptors (Lipinski definition) is 3. The van der Waals surface area contributed by atoms with E-state index in [1.807, 2.05) is 0 Å². The molecule has 6 nitrogen and oxygen atoms in total. The number of carbonyl (C=O) groups is 3. The Bertz CT molecular complexity index is 419. The van der Waals surface area contributed by atoms with E-state index in [1.54, 1.807) is 13.8 Å². The highest BCUT2D eigenvalue weighted by Gasteiger charge is 2.38. The van der Waals surface area contributed by atoms with Gasteiger partial charge in [0, 0.05) is 13.6 Å². The van der Waals surface area contributed by atoms with E-state index >= 15 is 0 Å². The molecule has 1 rings (SSSR count). The van der Waals surface area contributed by atoms with Gasteiger partial charge in [-0.2, -0.15) is 0 Å². The average Bonchev–Trinajstić information content (AvgIpc) is 2.84. The molecule has 0 aliphatic carbocycles. The quantitative estimate of drug-likeness (QED) is 0.754. The molecule has 1 aliphatic heterocycles. The highest BCUT2D eigenvalue weighted by Crippen LogP contribution is 2.21. The van der Waals surface area contributed by atoms with Crippen molar-refractivity contribution < 1.29 is 19.5 Å². The van der Waals surface area contributed by atoms with Crippen LogP contribution >= 0.6 is 0 Å². The van der Waals surface area contributed by atoms with Crippen molar-refractivity contribution >= 4 is 17.8 Å². The van der Waals surface area contributed by atoms with Gasteiger partial charge in [0.25, 0.3) is 0 Å². The van der Waals surface area contributed by atoms with E-state index in [9.17, 15) is 19.5 Å². The van der Waals surface area contributed by atoms with Crippen molar-refractivity contribution in [2.24, 2.45) is 5.92 Å². The van der Waals surface area contributed by atoms with Gasteiger partial charge in [-0.15, -0.1) is 0 Å². The van der Waals surface area contributed by atoms with E-state index in [-0.39, 0.29) is 17.7 Å². The third kappa shape index (κ3) is 3.18. The monoisotopic (exact) mass is 282 g/mol. The Kier molecular flexibility index (Phi) is 5.30. The summed E-state index contributed by atoms with van der Waals surface area (Å²) in [5.74, 6) is -1.84. The van der Waals surface area contributed by atoms with Gasteiger partial charge < -0.3 is 14.9 Å². The molecular formula is C14H22N2O4. The summed E-state index contributed by atoms with van der Waals surface area (Å²) in [4.78, 5) is 38.2.